The van der Waals surface area contributed by atoms with Crippen molar-refractivity contribution in [1.29, 1.82) is 0 Å². The van der Waals surface area contributed by atoms with E-state index in [4.69, 9.17) is 11.6 Å². The van der Waals surface area contributed by atoms with Gasteiger partial charge >= 0.3 is 0 Å². The summed E-state index contributed by atoms with van der Waals surface area (Å²) in [6.07, 6.45) is 7.43. The molecule has 43 heavy (non-hydrogen) atoms. The first kappa shape index (κ1) is 32.9. The largest absolute Gasteiger partial charge is 0.352 e. The van der Waals surface area contributed by atoms with Gasteiger partial charge in [-0.15, -0.1) is 11.8 Å². The van der Waals surface area contributed by atoms with E-state index in [0.29, 0.717) is 17.1 Å². The number of thioether (sulfide) groups is 1. The first-order chi connectivity index (χ1) is 20.6. The molecule has 7 nitrogen and oxygen atoms in total. The number of anilines is 1. The monoisotopic (exact) mass is 641 g/mol. The lowest BCUT2D eigenvalue weighted by atomic mass is 9.95. The lowest BCUT2D eigenvalue weighted by Crippen LogP contribution is -2.54. The predicted molar refractivity (Wildman–Crippen MR) is 175 cm³/mol. The minimum Gasteiger partial charge on any atom is -0.352 e. The van der Waals surface area contributed by atoms with Crippen LogP contribution < -0.4 is 9.62 Å². The molecule has 0 heterocycles. The molecule has 3 aromatic rings. The van der Waals surface area contributed by atoms with Crippen LogP contribution in [-0.2, 0) is 26.2 Å². The van der Waals surface area contributed by atoms with Gasteiger partial charge in [-0.05, 0) is 86.5 Å². The molecule has 1 unspecified atom stereocenters. The standard InChI is InChI=1S/C33H40ClN3O4S2/c1-4-31(33(39)35-27-8-6-5-7-9-27)36(22-25-12-14-26(34)15-13-25)32(38)23-37(28-16-10-24(2)11-17-28)43(40,41)30-20-18-29(42-3)19-21-30/h10-21,27,31H,4-9,22-23H2,1-3H3,(H,35,39). The third kappa shape index (κ3) is 8.55. The Morgan fingerprint density at radius 2 is 1.58 bits per heavy atom. The SMILES string of the molecule is CCC(C(=O)NC1CCCCC1)N(Cc1ccc(Cl)cc1)C(=O)CN(c1ccc(C)cc1)S(=O)(=O)c1ccc(SC)cc1. The topological polar surface area (TPSA) is 86.8 Å². The second-order valence-corrected chi connectivity index (χ2v) is 14.1. The van der Waals surface area contributed by atoms with Gasteiger partial charge in [-0.25, -0.2) is 8.42 Å². The molecule has 10 heteroatoms. The van der Waals surface area contributed by atoms with Crippen molar-refractivity contribution < 1.29 is 18.0 Å². The third-order valence-corrected chi connectivity index (χ3v) is 10.6. The number of carbonyl (C=O) groups excluding carboxylic acids is 2. The van der Waals surface area contributed by atoms with Crippen LogP contribution in [-0.4, -0.2) is 50.0 Å². The van der Waals surface area contributed by atoms with Crippen LogP contribution in [0.5, 0.6) is 0 Å². The Bertz CT molecular complexity index is 1470. The van der Waals surface area contributed by atoms with Gasteiger partial charge in [0.25, 0.3) is 10.0 Å². The molecule has 0 saturated heterocycles. The van der Waals surface area contributed by atoms with Crippen LogP contribution in [0, 0.1) is 6.92 Å². The minimum absolute atomic E-state index is 0.0801. The number of halogens is 1. The van der Waals surface area contributed by atoms with Crippen molar-refractivity contribution in [1.82, 2.24) is 10.2 Å². The predicted octanol–water partition coefficient (Wildman–Crippen LogP) is 6.82. The number of nitrogens with zero attached hydrogens (tertiary/aromatic N) is 2. The smallest absolute Gasteiger partial charge is 0.264 e. The molecule has 0 aromatic heterocycles. The van der Waals surface area contributed by atoms with E-state index in [2.05, 4.69) is 5.32 Å². The first-order valence-electron chi connectivity index (χ1n) is 14.7. The molecular weight excluding hydrogens is 602 g/mol. The normalized spacial score (nSPS) is 14.6. The quantitative estimate of drug-likeness (QED) is 0.219. The molecule has 2 amide bonds. The number of hydrogen-bond donors (Lipinski definition) is 1. The lowest BCUT2D eigenvalue weighted by Gasteiger charge is -2.34. The molecule has 3 aromatic carbocycles. The first-order valence-corrected chi connectivity index (χ1v) is 17.7. The van der Waals surface area contributed by atoms with Crippen LogP contribution in [0.25, 0.3) is 0 Å². The van der Waals surface area contributed by atoms with Gasteiger partial charge in [0.15, 0.2) is 0 Å². The van der Waals surface area contributed by atoms with Crippen LogP contribution >= 0.6 is 23.4 Å². The number of nitrogens with one attached hydrogen (secondary N) is 1. The maximum absolute atomic E-state index is 14.3. The summed E-state index contributed by atoms with van der Waals surface area (Å²) in [4.78, 5) is 30.4. The molecule has 230 valence electrons. The number of rotatable bonds is 12. The molecule has 0 bridgehead atoms. The van der Waals surface area contributed by atoms with Crippen molar-refractivity contribution in [3.63, 3.8) is 0 Å². The van der Waals surface area contributed by atoms with Gasteiger partial charge in [-0.2, -0.15) is 0 Å². The second kappa shape index (κ2) is 15.1. The van der Waals surface area contributed by atoms with E-state index >= 15 is 0 Å². The van der Waals surface area contributed by atoms with E-state index in [1.165, 1.54) is 16.7 Å². The Morgan fingerprint density at radius 1 is 0.953 bits per heavy atom. The summed E-state index contributed by atoms with van der Waals surface area (Å²) in [5.74, 6) is -0.681. The molecule has 4 rings (SSSR count). The Labute approximate surface area is 265 Å². The van der Waals surface area contributed by atoms with Crippen molar-refractivity contribution in [2.24, 2.45) is 0 Å². The highest BCUT2D eigenvalue weighted by molar-refractivity contribution is 7.98. The zero-order valence-electron chi connectivity index (χ0n) is 25.0. The molecule has 0 aliphatic heterocycles. The molecule has 1 aliphatic rings. The van der Waals surface area contributed by atoms with Crippen molar-refractivity contribution in [3.8, 4) is 0 Å². The van der Waals surface area contributed by atoms with E-state index in [0.717, 1.165) is 52.4 Å². The van der Waals surface area contributed by atoms with E-state index < -0.39 is 28.5 Å². The van der Waals surface area contributed by atoms with Crippen LogP contribution in [0.4, 0.5) is 5.69 Å². The van der Waals surface area contributed by atoms with Crippen LogP contribution in [0.1, 0.15) is 56.6 Å². The molecule has 1 fully saturated rings. The summed E-state index contributed by atoms with van der Waals surface area (Å²) in [5, 5.41) is 3.73. The Morgan fingerprint density at radius 3 is 2.16 bits per heavy atom. The van der Waals surface area contributed by atoms with E-state index in [1.54, 1.807) is 48.5 Å². The van der Waals surface area contributed by atoms with Gasteiger partial charge in [0, 0.05) is 22.5 Å². The molecule has 1 saturated carbocycles. The fourth-order valence-electron chi connectivity index (χ4n) is 5.36. The average Bonchev–Trinajstić information content (AvgIpc) is 3.01. The number of aryl methyl sites for hydroxylation is 1. The summed E-state index contributed by atoms with van der Waals surface area (Å²) in [6, 6.07) is 20.1. The fourth-order valence-corrected chi connectivity index (χ4v) is 7.31. The molecule has 1 atom stereocenters. The van der Waals surface area contributed by atoms with Crippen LogP contribution in [0.15, 0.2) is 82.6 Å². The number of carbonyl (C=O) groups is 2. The average molecular weight is 642 g/mol. The molecule has 1 aliphatic carbocycles. The maximum Gasteiger partial charge on any atom is 0.264 e. The van der Waals surface area contributed by atoms with Gasteiger partial charge in [0.2, 0.25) is 11.8 Å². The van der Waals surface area contributed by atoms with Gasteiger partial charge < -0.3 is 10.2 Å². The second-order valence-electron chi connectivity index (χ2n) is 10.9. The third-order valence-electron chi connectivity index (χ3n) is 7.85. The van der Waals surface area contributed by atoms with E-state index in [1.807, 2.05) is 44.4 Å². The van der Waals surface area contributed by atoms with Crippen LogP contribution in [0.3, 0.4) is 0 Å². The van der Waals surface area contributed by atoms with Crippen molar-refractivity contribution in [2.45, 2.75) is 80.8 Å². The summed E-state index contributed by atoms with van der Waals surface area (Å²) in [7, 11) is -4.12. The Balaban J connectivity index is 1.69. The van der Waals surface area contributed by atoms with Gasteiger partial charge in [-0.1, -0.05) is 67.6 Å². The highest BCUT2D eigenvalue weighted by Crippen LogP contribution is 2.27. The van der Waals surface area contributed by atoms with Crippen molar-refractivity contribution >= 4 is 50.9 Å². The minimum atomic E-state index is -4.12. The summed E-state index contributed by atoms with van der Waals surface area (Å²) in [6.45, 7) is 3.46. The summed E-state index contributed by atoms with van der Waals surface area (Å²) < 4.78 is 29.3. The van der Waals surface area contributed by atoms with E-state index in [-0.39, 0.29) is 23.4 Å². The zero-order chi connectivity index (χ0) is 31.0. The zero-order valence-corrected chi connectivity index (χ0v) is 27.4. The summed E-state index contributed by atoms with van der Waals surface area (Å²) >= 11 is 7.63. The Kier molecular flexibility index (Phi) is 11.6. The number of benzene rings is 3. The van der Waals surface area contributed by atoms with Crippen LogP contribution in [0.2, 0.25) is 5.02 Å². The molecular formula is C33H40ClN3O4S2. The molecule has 0 spiro atoms. The van der Waals surface area contributed by atoms with Gasteiger partial charge in [0.05, 0.1) is 10.6 Å². The fraction of sp³-hybridized carbons (Fsp3) is 0.394. The van der Waals surface area contributed by atoms with Crippen molar-refractivity contribution in [3.05, 3.63) is 88.9 Å². The van der Waals surface area contributed by atoms with Gasteiger partial charge in [-0.3, -0.25) is 13.9 Å². The number of hydrogen-bond acceptors (Lipinski definition) is 5. The number of sulfonamides is 1. The molecule has 1 N–H and O–H groups in total. The molecule has 0 radical (unpaired) electrons. The van der Waals surface area contributed by atoms with E-state index in [9.17, 15) is 18.0 Å². The highest BCUT2D eigenvalue weighted by atomic mass is 35.5. The highest BCUT2D eigenvalue weighted by Gasteiger charge is 2.34. The Hall–Kier alpha value is -3.01. The number of amides is 2. The summed E-state index contributed by atoms with van der Waals surface area (Å²) in [5.41, 5.74) is 2.13. The lowest BCUT2D eigenvalue weighted by molar-refractivity contribution is -0.140. The maximum atomic E-state index is 14.3. The van der Waals surface area contributed by atoms with Crippen molar-refractivity contribution in [2.75, 3.05) is 17.1 Å². The van der Waals surface area contributed by atoms with Gasteiger partial charge in [0.1, 0.15) is 12.6 Å².